The minimum Gasteiger partial charge on any atom is -0.314 e. The fourth-order valence-electron chi connectivity index (χ4n) is 2.24. The Morgan fingerprint density at radius 1 is 1.30 bits per heavy atom. The maximum Gasteiger partial charge on any atom is 0.0794 e. The fraction of sp³-hybridized carbons (Fsp3) is 0.438. The van der Waals surface area contributed by atoms with E-state index in [1.54, 1.807) is 11.3 Å². The van der Waals surface area contributed by atoms with Gasteiger partial charge in [0.1, 0.15) is 0 Å². The van der Waals surface area contributed by atoms with Gasteiger partial charge in [0.05, 0.1) is 5.51 Å². The smallest absolute Gasteiger partial charge is 0.0794 e. The zero-order valence-electron chi connectivity index (χ0n) is 12.0. The van der Waals surface area contributed by atoms with Gasteiger partial charge in [-0.3, -0.25) is 4.98 Å². The molecule has 1 unspecified atom stereocenters. The highest BCUT2D eigenvalue weighted by Crippen LogP contribution is 2.19. The minimum absolute atomic E-state index is 0.529. The van der Waals surface area contributed by atoms with Crippen molar-refractivity contribution in [1.29, 1.82) is 0 Å². The lowest BCUT2D eigenvalue weighted by Gasteiger charge is -2.19. The summed E-state index contributed by atoms with van der Waals surface area (Å²) in [5, 5.41) is 3.57. The molecule has 0 saturated heterocycles. The van der Waals surface area contributed by atoms with Crippen molar-refractivity contribution in [3.05, 3.63) is 50.9 Å². The van der Waals surface area contributed by atoms with Gasteiger partial charge in [0, 0.05) is 21.6 Å². The van der Waals surface area contributed by atoms with Crippen LogP contribution in [0.1, 0.15) is 24.3 Å². The van der Waals surface area contributed by atoms with Gasteiger partial charge in [-0.25, -0.2) is 0 Å². The summed E-state index contributed by atoms with van der Waals surface area (Å²) in [6.07, 6.45) is 4.18. The van der Waals surface area contributed by atoms with Crippen molar-refractivity contribution in [2.75, 3.05) is 6.54 Å². The lowest BCUT2D eigenvalue weighted by Crippen LogP contribution is -2.30. The van der Waals surface area contributed by atoms with Gasteiger partial charge < -0.3 is 5.32 Å². The van der Waals surface area contributed by atoms with E-state index in [4.69, 9.17) is 0 Å². The van der Waals surface area contributed by atoms with E-state index in [1.807, 2.05) is 11.7 Å². The van der Waals surface area contributed by atoms with E-state index in [0.29, 0.717) is 12.0 Å². The summed E-state index contributed by atoms with van der Waals surface area (Å²) in [6, 6.07) is 9.14. The Balaban J connectivity index is 2.01. The molecule has 2 rings (SSSR count). The SMILES string of the molecule is CC(C)NCC(Cc1cccc(Br)c1)Cc1cncs1. The second-order valence-corrected chi connectivity index (χ2v) is 7.32. The number of hydrogen-bond donors (Lipinski definition) is 1. The van der Waals surface area contributed by atoms with E-state index in [0.717, 1.165) is 23.9 Å². The number of benzene rings is 1. The van der Waals surface area contributed by atoms with Gasteiger partial charge in [-0.1, -0.05) is 41.9 Å². The van der Waals surface area contributed by atoms with Gasteiger partial charge in [-0.05, 0) is 43.0 Å². The first-order valence-corrected chi connectivity index (χ1v) is 8.66. The zero-order chi connectivity index (χ0) is 14.4. The molecule has 0 fully saturated rings. The number of hydrogen-bond acceptors (Lipinski definition) is 3. The molecule has 108 valence electrons. The lowest BCUT2D eigenvalue weighted by atomic mass is 9.95. The van der Waals surface area contributed by atoms with Crippen molar-refractivity contribution >= 4 is 27.3 Å². The first kappa shape index (κ1) is 15.7. The highest BCUT2D eigenvalue weighted by molar-refractivity contribution is 9.10. The standard InChI is InChI=1S/C16H21BrN2S/c1-12(2)19-9-14(8-16-10-18-11-20-16)6-13-4-3-5-15(17)7-13/h3-5,7,10-12,14,19H,6,8-9H2,1-2H3. The van der Waals surface area contributed by atoms with Crippen molar-refractivity contribution in [2.24, 2.45) is 5.92 Å². The molecule has 1 aromatic heterocycles. The van der Waals surface area contributed by atoms with Crippen LogP contribution in [0.3, 0.4) is 0 Å². The molecule has 0 amide bonds. The zero-order valence-corrected chi connectivity index (χ0v) is 14.4. The van der Waals surface area contributed by atoms with Crippen LogP contribution in [0.15, 0.2) is 40.4 Å². The van der Waals surface area contributed by atoms with Crippen LogP contribution < -0.4 is 5.32 Å². The minimum atomic E-state index is 0.529. The number of halogens is 1. The maximum absolute atomic E-state index is 4.18. The molecule has 1 atom stereocenters. The lowest BCUT2D eigenvalue weighted by molar-refractivity contribution is 0.446. The van der Waals surface area contributed by atoms with E-state index < -0.39 is 0 Å². The summed E-state index contributed by atoms with van der Waals surface area (Å²) in [7, 11) is 0. The summed E-state index contributed by atoms with van der Waals surface area (Å²) >= 11 is 5.30. The molecule has 1 N–H and O–H groups in total. The first-order chi connectivity index (χ1) is 9.63. The van der Waals surface area contributed by atoms with Gasteiger partial charge in [0.2, 0.25) is 0 Å². The van der Waals surface area contributed by atoms with Crippen LogP contribution in [-0.2, 0) is 12.8 Å². The molecule has 20 heavy (non-hydrogen) atoms. The van der Waals surface area contributed by atoms with E-state index >= 15 is 0 Å². The number of thiazole rings is 1. The molecule has 0 aliphatic rings. The Morgan fingerprint density at radius 3 is 2.80 bits per heavy atom. The molecule has 0 aliphatic carbocycles. The molecule has 0 bridgehead atoms. The molecular weight excluding hydrogens is 332 g/mol. The summed E-state index contributed by atoms with van der Waals surface area (Å²) in [5.41, 5.74) is 3.31. The van der Waals surface area contributed by atoms with Crippen LogP contribution in [0, 0.1) is 5.92 Å². The Hall–Kier alpha value is -0.710. The van der Waals surface area contributed by atoms with Gasteiger partial charge in [0.25, 0.3) is 0 Å². The quantitative estimate of drug-likeness (QED) is 0.803. The van der Waals surface area contributed by atoms with Crippen LogP contribution in [-0.4, -0.2) is 17.6 Å². The Bertz CT molecular complexity index is 511. The van der Waals surface area contributed by atoms with E-state index in [9.17, 15) is 0 Å². The molecule has 2 nitrogen and oxygen atoms in total. The Labute approximate surface area is 133 Å². The van der Waals surface area contributed by atoms with Crippen LogP contribution in [0.25, 0.3) is 0 Å². The van der Waals surface area contributed by atoms with Crippen LogP contribution in [0.4, 0.5) is 0 Å². The van der Waals surface area contributed by atoms with Gasteiger partial charge >= 0.3 is 0 Å². The largest absolute Gasteiger partial charge is 0.314 e. The average Bonchev–Trinajstić information content (AvgIpc) is 2.89. The molecule has 0 aliphatic heterocycles. The van der Waals surface area contributed by atoms with Crippen molar-refractivity contribution in [1.82, 2.24) is 10.3 Å². The third-order valence-corrected chi connectivity index (χ3v) is 4.50. The molecular formula is C16H21BrN2S. The van der Waals surface area contributed by atoms with Crippen LogP contribution >= 0.6 is 27.3 Å². The fourth-order valence-corrected chi connectivity index (χ4v) is 3.40. The number of nitrogens with one attached hydrogen (secondary N) is 1. The van der Waals surface area contributed by atoms with Crippen molar-refractivity contribution < 1.29 is 0 Å². The maximum atomic E-state index is 4.18. The summed E-state index contributed by atoms with van der Waals surface area (Å²) in [5.74, 6) is 0.604. The molecule has 2 aromatic rings. The first-order valence-electron chi connectivity index (χ1n) is 6.98. The Kier molecular flexibility index (Phi) is 6.20. The van der Waals surface area contributed by atoms with E-state index in [1.165, 1.54) is 10.4 Å². The van der Waals surface area contributed by atoms with E-state index in [-0.39, 0.29) is 0 Å². The number of rotatable bonds is 7. The summed E-state index contributed by atoms with van der Waals surface area (Å²) < 4.78 is 1.16. The number of nitrogens with zero attached hydrogens (tertiary/aromatic N) is 1. The molecule has 4 heteroatoms. The normalized spacial score (nSPS) is 12.8. The third kappa shape index (κ3) is 5.35. The molecule has 1 heterocycles. The van der Waals surface area contributed by atoms with E-state index in [2.05, 4.69) is 64.3 Å². The van der Waals surface area contributed by atoms with Crippen molar-refractivity contribution in [2.45, 2.75) is 32.7 Å². The molecule has 1 aromatic carbocycles. The summed E-state index contributed by atoms with van der Waals surface area (Å²) in [4.78, 5) is 5.55. The van der Waals surface area contributed by atoms with Crippen molar-refractivity contribution in [3.8, 4) is 0 Å². The summed E-state index contributed by atoms with van der Waals surface area (Å²) in [6.45, 7) is 5.44. The second-order valence-electron chi connectivity index (χ2n) is 5.43. The number of aromatic nitrogens is 1. The monoisotopic (exact) mass is 352 g/mol. The molecule has 0 spiro atoms. The topological polar surface area (TPSA) is 24.9 Å². The van der Waals surface area contributed by atoms with Gasteiger partial charge in [-0.2, -0.15) is 0 Å². The van der Waals surface area contributed by atoms with Crippen LogP contribution in [0.5, 0.6) is 0 Å². The van der Waals surface area contributed by atoms with Crippen LogP contribution in [0.2, 0.25) is 0 Å². The average molecular weight is 353 g/mol. The van der Waals surface area contributed by atoms with Crippen molar-refractivity contribution in [3.63, 3.8) is 0 Å². The highest BCUT2D eigenvalue weighted by atomic mass is 79.9. The van der Waals surface area contributed by atoms with Gasteiger partial charge in [-0.15, -0.1) is 11.3 Å². The molecule has 0 saturated carbocycles. The van der Waals surface area contributed by atoms with Gasteiger partial charge in [0.15, 0.2) is 0 Å². The highest BCUT2D eigenvalue weighted by Gasteiger charge is 2.12. The predicted octanol–water partition coefficient (Wildman–Crippen LogP) is 4.31. The third-order valence-electron chi connectivity index (χ3n) is 3.20. The second kappa shape index (κ2) is 7.91. The Morgan fingerprint density at radius 2 is 2.15 bits per heavy atom. The molecule has 0 radical (unpaired) electrons. The predicted molar refractivity (Wildman–Crippen MR) is 90.3 cm³/mol.